The van der Waals surface area contributed by atoms with Crippen LogP contribution in [0.5, 0.6) is 11.5 Å². The molecule has 0 fully saturated rings. The van der Waals surface area contributed by atoms with Gasteiger partial charge in [0.25, 0.3) is 0 Å². The van der Waals surface area contributed by atoms with E-state index in [1.54, 1.807) is 0 Å². The van der Waals surface area contributed by atoms with Crippen LogP contribution in [-0.2, 0) is 28.8 Å². The maximum Gasteiger partial charge on any atom is 0.310 e. The van der Waals surface area contributed by atoms with Crippen LogP contribution in [0.1, 0.15) is 33.9 Å². The molecular formula is C33H30NO4+. The van der Waals surface area contributed by atoms with Crippen molar-refractivity contribution in [3.63, 3.8) is 0 Å². The zero-order valence-corrected chi connectivity index (χ0v) is 21.2. The second-order valence-corrected chi connectivity index (χ2v) is 9.69. The molecule has 2 aliphatic rings. The van der Waals surface area contributed by atoms with Crippen molar-refractivity contribution >= 4 is 11.7 Å². The van der Waals surface area contributed by atoms with E-state index < -0.39 is 0 Å². The van der Waals surface area contributed by atoms with Gasteiger partial charge in [0.05, 0.1) is 12.8 Å². The lowest BCUT2D eigenvalue weighted by Gasteiger charge is -2.25. The van der Waals surface area contributed by atoms with Crippen LogP contribution < -0.4 is 9.47 Å². The van der Waals surface area contributed by atoms with Crippen molar-refractivity contribution in [1.29, 1.82) is 0 Å². The molecule has 190 valence electrons. The van der Waals surface area contributed by atoms with Gasteiger partial charge in [-0.05, 0) is 28.8 Å². The van der Waals surface area contributed by atoms with Crippen LogP contribution in [0.3, 0.4) is 0 Å². The maximum atomic E-state index is 12.9. The molecule has 4 aromatic carbocycles. The standard InChI is InChI=1S/C33H30NO4/c35-33(19-25-12-6-2-7-13-25)36-22-30(26-14-8-3-9-15-26)34-17-16-27-20-31-32(38-23-37-31)21-28(27)29(34)18-24-10-4-1-5-11-24/h1-15,20-21,30H,16-19,22-23H2/q+1/t30-/m0/s1. The van der Waals surface area contributed by atoms with Crippen molar-refractivity contribution in [3.8, 4) is 11.5 Å². The van der Waals surface area contributed by atoms with Gasteiger partial charge in [0.2, 0.25) is 12.8 Å². The highest BCUT2D eigenvalue weighted by Crippen LogP contribution is 2.37. The predicted molar refractivity (Wildman–Crippen MR) is 146 cm³/mol. The lowest BCUT2D eigenvalue weighted by molar-refractivity contribution is -0.576. The molecule has 4 aromatic rings. The summed E-state index contributed by atoms with van der Waals surface area (Å²) in [4.78, 5) is 12.9. The maximum absolute atomic E-state index is 12.9. The average molecular weight is 505 g/mol. The Hall–Kier alpha value is -4.38. The Kier molecular flexibility index (Phi) is 6.90. The number of rotatable bonds is 8. The first-order valence-electron chi connectivity index (χ1n) is 13.1. The van der Waals surface area contributed by atoms with E-state index in [9.17, 15) is 4.79 Å². The number of esters is 1. The number of carbonyl (C=O) groups excluding carboxylic acids is 1. The minimum atomic E-state index is -0.220. The third-order valence-corrected chi connectivity index (χ3v) is 7.25. The number of fused-ring (bicyclic) bond motifs is 2. The van der Waals surface area contributed by atoms with Crippen LogP contribution >= 0.6 is 0 Å². The topological polar surface area (TPSA) is 47.8 Å². The average Bonchev–Trinajstić information content (AvgIpc) is 3.42. The third-order valence-electron chi connectivity index (χ3n) is 7.25. The Morgan fingerprint density at radius 3 is 2.16 bits per heavy atom. The van der Waals surface area contributed by atoms with Gasteiger partial charge in [0, 0.05) is 17.5 Å². The van der Waals surface area contributed by atoms with E-state index in [4.69, 9.17) is 14.2 Å². The molecule has 6 rings (SSSR count). The van der Waals surface area contributed by atoms with E-state index in [2.05, 4.69) is 53.1 Å². The highest BCUT2D eigenvalue weighted by molar-refractivity contribution is 6.01. The van der Waals surface area contributed by atoms with Crippen molar-refractivity contribution < 1.29 is 23.6 Å². The summed E-state index contributed by atoms with van der Waals surface area (Å²) >= 11 is 0. The van der Waals surface area contributed by atoms with Gasteiger partial charge in [0.1, 0.15) is 6.54 Å². The van der Waals surface area contributed by atoms with E-state index in [1.165, 1.54) is 22.4 Å². The molecule has 0 saturated heterocycles. The van der Waals surface area contributed by atoms with Crippen LogP contribution in [0.2, 0.25) is 0 Å². The minimum absolute atomic E-state index is 0.117. The highest BCUT2D eigenvalue weighted by Gasteiger charge is 2.35. The summed E-state index contributed by atoms with van der Waals surface area (Å²) in [6.45, 7) is 1.33. The summed E-state index contributed by atoms with van der Waals surface area (Å²) in [6, 6.07) is 34.7. The van der Waals surface area contributed by atoms with E-state index >= 15 is 0 Å². The first-order valence-corrected chi connectivity index (χ1v) is 13.1. The summed E-state index contributed by atoms with van der Waals surface area (Å²) < 4.78 is 19.8. The summed E-state index contributed by atoms with van der Waals surface area (Å²) in [5.74, 6) is 1.37. The number of hydrogen-bond acceptors (Lipinski definition) is 4. The molecule has 5 heteroatoms. The summed E-state index contributed by atoms with van der Waals surface area (Å²) in [5, 5.41) is 0. The zero-order valence-electron chi connectivity index (χ0n) is 21.2. The number of benzene rings is 4. The largest absolute Gasteiger partial charge is 0.458 e. The van der Waals surface area contributed by atoms with Crippen LogP contribution in [0, 0.1) is 0 Å². The molecule has 0 aromatic heterocycles. The molecule has 5 nitrogen and oxygen atoms in total. The molecule has 0 unspecified atom stereocenters. The van der Waals surface area contributed by atoms with E-state index in [0.29, 0.717) is 0 Å². The van der Waals surface area contributed by atoms with Gasteiger partial charge in [-0.3, -0.25) is 4.79 Å². The Balaban J connectivity index is 1.38. The summed E-state index contributed by atoms with van der Waals surface area (Å²) in [6.07, 6.45) is 1.88. The fourth-order valence-electron chi connectivity index (χ4n) is 5.35. The fourth-order valence-corrected chi connectivity index (χ4v) is 5.35. The Morgan fingerprint density at radius 2 is 1.45 bits per heavy atom. The van der Waals surface area contributed by atoms with Crippen LogP contribution in [-0.4, -0.2) is 36.2 Å². The van der Waals surface area contributed by atoms with E-state index in [0.717, 1.165) is 42.0 Å². The molecule has 0 bridgehead atoms. The predicted octanol–water partition coefficient (Wildman–Crippen LogP) is 5.54. The first kappa shape index (κ1) is 24.0. The van der Waals surface area contributed by atoms with Gasteiger partial charge < -0.3 is 14.2 Å². The summed E-state index contributed by atoms with van der Waals surface area (Å²) in [5.41, 5.74) is 6.92. The van der Waals surface area contributed by atoms with Crippen molar-refractivity contribution in [2.45, 2.75) is 25.3 Å². The van der Waals surface area contributed by atoms with Crippen molar-refractivity contribution in [2.75, 3.05) is 19.9 Å². The molecule has 0 N–H and O–H groups in total. The monoisotopic (exact) mass is 504 g/mol. The Labute approximate surface area is 222 Å². The van der Waals surface area contributed by atoms with Crippen molar-refractivity contribution in [3.05, 3.63) is 131 Å². The second-order valence-electron chi connectivity index (χ2n) is 9.69. The SMILES string of the molecule is O=C(Cc1ccccc1)OC[C@@H](c1ccccc1)[N+]1=C(Cc2ccccc2)c2cc3c(cc2CC1)OCO3. The van der Waals surface area contributed by atoms with Gasteiger partial charge in [-0.1, -0.05) is 91.0 Å². The molecule has 0 saturated carbocycles. The van der Waals surface area contributed by atoms with Gasteiger partial charge in [0.15, 0.2) is 23.8 Å². The fraction of sp³-hybridized carbons (Fsp3) is 0.212. The van der Waals surface area contributed by atoms with E-state index in [-0.39, 0.29) is 31.8 Å². The highest BCUT2D eigenvalue weighted by atomic mass is 16.7. The number of carbonyl (C=O) groups is 1. The lowest BCUT2D eigenvalue weighted by atomic mass is 9.90. The number of ether oxygens (including phenoxy) is 3. The summed E-state index contributed by atoms with van der Waals surface area (Å²) in [7, 11) is 0. The van der Waals surface area contributed by atoms with Crippen LogP contribution in [0.15, 0.2) is 103 Å². The molecule has 1 atom stereocenters. The molecule has 0 spiro atoms. The second kappa shape index (κ2) is 10.9. The molecule has 0 aliphatic carbocycles. The normalized spacial score (nSPS) is 14.6. The Bertz CT molecular complexity index is 1450. The smallest absolute Gasteiger partial charge is 0.310 e. The van der Waals surface area contributed by atoms with Crippen molar-refractivity contribution in [1.82, 2.24) is 0 Å². The molecular weight excluding hydrogens is 474 g/mol. The van der Waals surface area contributed by atoms with Crippen molar-refractivity contribution in [2.24, 2.45) is 0 Å². The zero-order chi connectivity index (χ0) is 25.7. The number of hydrogen-bond donors (Lipinski definition) is 0. The molecule has 38 heavy (non-hydrogen) atoms. The molecule has 0 radical (unpaired) electrons. The molecule has 2 heterocycles. The molecule has 0 amide bonds. The minimum Gasteiger partial charge on any atom is -0.458 e. The van der Waals surface area contributed by atoms with Crippen LogP contribution in [0.4, 0.5) is 0 Å². The third kappa shape index (κ3) is 5.18. The van der Waals surface area contributed by atoms with Gasteiger partial charge in [-0.15, -0.1) is 0 Å². The molecule has 2 aliphatic heterocycles. The van der Waals surface area contributed by atoms with E-state index in [1.807, 2.05) is 54.6 Å². The first-order chi connectivity index (χ1) is 18.7. The Morgan fingerprint density at radius 1 is 0.816 bits per heavy atom. The van der Waals surface area contributed by atoms with Gasteiger partial charge in [-0.25, -0.2) is 4.58 Å². The quantitative estimate of drug-likeness (QED) is 0.233. The number of nitrogens with zero attached hydrogens (tertiary/aromatic N) is 1. The van der Waals surface area contributed by atoms with Gasteiger partial charge >= 0.3 is 5.97 Å². The lowest BCUT2D eigenvalue weighted by Crippen LogP contribution is -2.36. The van der Waals surface area contributed by atoms with Gasteiger partial charge in [-0.2, -0.15) is 0 Å². The van der Waals surface area contributed by atoms with Crippen LogP contribution in [0.25, 0.3) is 0 Å².